The molecule has 6 heteroatoms. The van der Waals surface area contributed by atoms with Gasteiger partial charge in [0, 0.05) is 43.2 Å². The molecule has 0 spiro atoms. The maximum absolute atomic E-state index is 12.8. The number of nitrogens with zero attached hydrogens (tertiary/aromatic N) is 2. The van der Waals surface area contributed by atoms with Gasteiger partial charge in [-0.3, -0.25) is 14.5 Å². The zero-order chi connectivity index (χ0) is 19.3. The van der Waals surface area contributed by atoms with E-state index in [1.54, 1.807) is 6.07 Å². The largest absolute Gasteiger partial charge is 0.336 e. The van der Waals surface area contributed by atoms with Gasteiger partial charge in [-0.1, -0.05) is 42.5 Å². The van der Waals surface area contributed by atoms with Gasteiger partial charge in [0.25, 0.3) is 5.91 Å². The number of anilines is 1. The van der Waals surface area contributed by atoms with Crippen LogP contribution in [0.5, 0.6) is 0 Å². The topological polar surface area (TPSA) is 52.7 Å². The standard InChI is InChI=1S/C22H23N3O2S/c26-21-16-28-20-9-8-18(15-19(20)23-21)22(27)25-13-11-24(12-14-25)10-4-7-17-5-2-1-3-6-17/h1-9,15H,10-14,16H2,(H,23,26)/b7-4+. The van der Waals surface area contributed by atoms with Crippen LogP contribution in [0.25, 0.3) is 6.08 Å². The number of piperazine rings is 1. The van der Waals surface area contributed by atoms with Crippen molar-refractivity contribution in [3.05, 3.63) is 65.7 Å². The van der Waals surface area contributed by atoms with Crippen molar-refractivity contribution in [3.63, 3.8) is 0 Å². The summed E-state index contributed by atoms with van der Waals surface area (Å²) in [5, 5.41) is 2.86. The first-order chi connectivity index (χ1) is 13.7. The number of thioether (sulfide) groups is 1. The maximum atomic E-state index is 12.8. The molecule has 2 aromatic carbocycles. The van der Waals surface area contributed by atoms with Crippen molar-refractivity contribution in [3.8, 4) is 0 Å². The smallest absolute Gasteiger partial charge is 0.254 e. The molecule has 0 bridgehead atoms. The van der Waals surface area contributed by atoms with Crippen molar-refractivity contribution < 1.29 is 9.59 Å². The Kier molecular flexibility index (Phi) is 5.78. The Morgan fingerprint density at radius 3 is 2.64 bits per heavy atom. The Hall–Kier alpha value is -2.57. The van der Waals surface area contributed by atoms with Crippen molar-refractivity contribution in [1.29, 1.82) is 0 Å². The molecular weight excluding hydrogens is 370 g/mol. The first-order valence-corrected chi connectivity index (χ1v) is 10.5. The minimum Gasteiger partial charge on any atom is -0.336 e. The van der Waals surface area contributed by atoms with Gasteiger partial charge >= 0.3 is 0 Å². The Morgan fingerprint density at radius 1 is 1.07 bits per heavy atom. The van der Waals surface area contributed by atoms with E-state index in [0.717, 1.165) is 43.3 Å². The lowest BCUT2D eigenvalue weighted by Gasteiger charge is -2.34. The number of carbonyl (C=O) groups is 2. The monoisotopic (exact) mass is 393 g/mol. The van der Waals surface area contributed by atoms with Gasteiger partial charge in [-0.2, -0.15) is 0 Å². The fraction of sp³-hybridized carbons (Fsp3) is 0.273. The average molecular weight is 394 g/mol. The number of fused-ring (bicyclic) bond motifs is 1. The lowest BCUT2D eigenvalue weighted by molar-refractivity contribution is -0.113. The van der Waals surface area contributed by atoms with Crippen LogP contribution in [0.4, 0.5) is 5.69 Å². The van der Waals surface area contributed by atoms with Crippen molar-refractivity contribution >= 4 is 35.3 Å². The highest BCUT2D eigenvalue weighted by Crippen LogP contribution is 2.32. The van der Waals surface area contributed by atoms with E-state index >= 15 is 0 Å². The molecule has 0 atom stereocenters. The number of nitrogens with one attached hydrogen (secondary N) is 1. The molecule has 2 aliphatic heterocycles. The van der Waals surface area contributed by atoms with Gasteiger partial charge in [0.05, 0.1) is 11.4 Å². The SMILES string of the molecule is O=C1CSc2ccc(C(=O)N3CCN(C/C=C/c4ccccc4)CC3)cc2N1. The van der Waals surface area contributed by atoms with E-state index in [4.69, 9.17) is 0 Å². The van der Waals surface area contributed by atoms with E-state index in [0.29, 0.717) is 11.3 Å². The zero-order valence-electron chi connectivity index (χ0n) is 15.6. The number of rotatable bonds is 4. The van der Waals surface area contributed by atoms with Gasteiger partial charge in [0.1, 0.15) is 0 Å². The molecule has 0 aliphatic carbocycles. The highest BCUT2D eigenvalue weighted by atomic mass is 32.2. The molecule has 2 heterocycles. The molecule has 5 nitrogen and oxygen atoms in total. The summed E-state index contributed by atoms with van der Waals surface area (Å²) >= 11 is 1.51. The second-order valence-electron chi connectivity index (χ2n) is 6.95. The summed E-state index contributed by atoms with van der Waals surface area (Å²) in [5.74, 6) is 0.451. The van der Waals surface area contributed by atoms with Crippen LogP contribution in [0, 0.1) is 0 Å². The molecule has 2 amide bonds. The lowest BCUT2D eigenvalue weighted by Crippen LogP contribution is -2.48. The van der Waals surface area contributed by atoms with E-state index in [-0.39, 0.29) is 11.8 Å². The first-order valence-electron chi connectivity index (χ1n) is 9.49. The summed E-state index contributed by atoms with van der Waals surface area (Å²) in [4.78, 5) is 29.7. The summed E-state index contributed by atoms with van der Waals surface area (Å²) in [6.07, 6.45) is 4.31. The van der Waals surface area contributed by atoms with Gasteiger partial charge in [0.15, 0.2) is 0 Å². The van der Waals surface area contributed by atoms with E-state index < -0.39 is 0 Å². The number of hydrogen-bond donors (Lipinski definition) is 1. The Bertz CT molecular complexity index is 890. The van der Waals surface area contributed by atoms with Crippen LogP contribution in [0.15, 0.2) is 59.5 Å². The highest BCUT2D eigenvalue weighted by molar-refractivity contribution is 8.00. The van der Waals surface area contributed by atoms with Gasteiger partial charge in [-0.15, -0.1) is 11.8 Å². The molecule has 0 unspecified atom stereocenters. The Balaban J connectivity index is 1.31. The molecule has 1 N–H and O–H groups in total. The van der Waals surface area contributed by atoms with Gasteiger partial charge in [0.2, 0.25) is 5.91 Å². The van der Waals surface area contributed by atoms with Crippen molar-refractivity contribution in [1.82, 2.24) is 9.80 Å². The van der Waals surface area contributed by atoms with Crippen LogP contribution >= 0.6 is 11.8 Å². The van der Waals surface area contributed by atoms with Crippen LogP contribution in [-0.2, 0) is 4.79 Å². The van der Waals surface area contributed by atoms with E-state index in [1.165, 1.54) is 17.3 Å². The lowest BCUT2D eigenvalue weighted by atomic mass is 10.1. The molecule has 0 saturated carbocycles. The summed E-state index contributed by atoms with van der Waals surface area (Å²) in [6.45, 7) is 4.05. The second-order valence-corrected chi connectivity index (χ2v) is 7.97. The quantitative estimate of drug-likeness (QED) is 0.867. The first kappa shape index (κ1) is 18.8. The number of carbonyl (C=O) groups excluding carboxylic acids is 2. The third-order valence-corrected chi connectivity index (χ3v) is 6.07. The Labute approximate surface area is 169 Å². The zero-order valence-corrected chi connectivity index (χ0v) is 16.5. The molecule has 0 aromatic heterocycles. The van der Waals surface area contributed by atoms with E-state index in [9.17, 15) is 9.59 Å². The predicted molar refractivity (Wildman–Crippen MR) is 114 cm³/mol. The summed E-state index contributed by atoms with van der Waals surface area (Å²) in [5.41, 5.74) is 2.59. The third-order valence-electron chi connectivity index (χ3n) is 4.99. The number of hydrogen-bond acceptors (Lipinski definition) is 4. The molecule has 1 fully saturated rings. The summed E-state index contributed by atoms with van der Waals surface area (Å²) in [7, 11) is 0. The van der Waals surface area contributed by atoms with Gasteiger partial charge in [-0.25, -0.2) is 0 Å². The molecule has 4 rings (SSSR count). The van der Waals surface area contributed by atoms with Crippen LogP contribution in [0.2, 0.25) is 0 Å². The van der Waals surface area contributed by atoms with Crippen molar-refractivity contribution in [2.24, 2.45) is 0 Å². The molecule has 28 heavy (non-hydrogen) atoms. The van der Waals surface area contributed by atoms with Crippen LogP contribution in [-0.4, -0.2) is 60.1 Å². The van der Waals surface area contributed by atoms with Gasteiger partial charge in [-0.05, 0) is 23.8 Å². The third kappa shape index (κ3) is 4.46. The molecule has 144 valence electrons. The molecule has 2 aromatic rings. The van der Waals surface area contributed by atoms with Crippen LogP contribution in [0.3, 0.4) is 0 Å². The second kappa shape index (κ2) is 8.63. The predicted octanol–water partition coefficient (Wildman–Crippen LogP) is 3.20. The fourth-order valence-electron chi connectivity index (χ4n) is 3.43. The average Bonchev–Trinajstić information content (AvgIpc) is 2.74. The minimum atomic E-state index is -0.0146. The van der Waals surface area contributed by atoms with Crippen molar-refractivity contribution in [2.75, 3.05) is 43.8 Å². The fourth-order valence-corrected chi connectivity index (χ4v) is 4.22. The molecule has 0 radical (unpaired) electrons. The summed E-state index contributed by atoms with van der Waals surface area (Å²) < 4.78 is 0. The van der Waals surface area contributed by atoms with Crippen LogP contribution in [0.1, 0.15) is 15.9 Å². The molecule has 1 saturated heterocycles. The van der Waals surface area contributed by atoms with Gasteiger partial charge < -0.3 is 10.2 Å². The van der Waals surface area contributed by atoms with Crippen LogP contribution < -0.4 is 5.32 Å². The molecule has 2 aliphatic rings. The van der Waals surface area contributed by atoms with Crippen molar-refractivity contribution in [2.45, 2.75) is 4.90 Å². The summed E-state index contributed by atoms with van der Waals surface area (Å²) in [6, 6.07) is 15.9. The Morgan fingerprint density at radius 2 is 1.86 bits per heavy atom. The van der Waals surface area contributed by atoms with E-state index in [1.807, 2.05) is 35.2 Å². The normalized spacial score (nSPS) is 17.4. The van der Waals surface area contributed by atoms with E-state index in [2.05, 4.69) is 34.5 Å². The number of benzene rings is 2. The molecular formula is C22H23N3O2S. The maximum Gasteiger partial charge on any atom is 0.254 e. The number of amides is 2. The minimum absolute atomic E-state index is 0.0146. The highest BCUT2D eigenvalue weighted by Gasteiger charge is 2.23.